The summed E-state index contributed by atoms with van der Waals surface area (Å²) in [4.78, 5) is 28.7. The minimum Gasteiger partial charge on any atom is -0.378 e. The smallest absolute Gasteiger partial charge is 0.378 e. The van der Waals surface area contributed by atoms with E-state index in [2.05, 4.69) is 20.1 Å². The van der Waals surface area contributed by atoms with Gasteiger partial charge < -0.3 is 15.8 Å². The van der Waals surface area contributed by atoms with Crippen LogP contribution >= 0.6 is 0 Å². The average molecular weight is 401 g/mol. The summed E-state index contributed by atoms with van der Waals surface area (Å²) in [5, 5.41) is 6.83. The fourth-order valence-electron chi connectivity index (χ4n) is 3.06. The van der Waals surface area contributed by atoms with E-state index in [0.717, 1.165) is 0 Å². The summed E-state index contributed by atoms with van der Waals surface area (Å²) >= 11 is 0. The van der Waals surface area contributed by atoms with Crippen molar-refractivity contribution in [2.75, 3.05) is 7.11 Å². The van der Waals surface area contributed by atoms with Crippen LogP contribution in [0.1, 0.15) is 45.1 Å². The zero-order chi connectivity index (χ0) is 20.6. The number of nitrogens with one attached hydrogen (secondary N) is 1. The fraction of sp³-hybridized carbons (Fsp3) is 0.500. The number of nitrogens with two attached hydrogens (primary N) is 1. The van der Waals surface area contributed by atoms with Crippen LogP contribution in [0.2, 0.25) is 0 Å². The van der Waals surface area contributed by atoms with E-state index in [9.17, 15) is 22.8 Å². The zero-order valence-corrected chi connectivity index (χ0v) is 15.0. The first-order valence-corrected chi connectivity index (χ1v) is 8.32. The fourth-order valence-corrected chi connectivity index (χ4v) is 3.06. The van der Waals surface area contributed by atoms with Gasteiger partial charge in [0.25, 0.3) is 11.8 Å². The van der Waals surface area contributed by atoms with Gasteiger partial charge in [0.2, 0.25) is 0 Å². The summed E-state index contributed by atoms with van der Waals surface area (Å²) in [6.07, 6.45) is -5.60. The van der Waals surface area contributed by atoms with Crippen LogP contribution in [0.3, 0.4) is 0 Å². The lowest BCUT2D eigenvalue weighted by Crippen LogP contribution is -2.49. The molecule has 1 saturated carbocycles. The van der Waals surface area contributed by atoms with Crippen LogP contribution in [0, 0.1) is 6.92 Å². The number of fused-ring (bicyclic) bond motifs is 1. The van der Waals surface area contributed by atoms with Crippen molar-refractivity contribution < 1.29 is 32.2 Å². The number of carbonyl (C=O) groups is 2. The molecular weight excluding hydrogens is 383 g/mol. The predicted octanol–water partition coefficient (Wildman–Crippen LogP) is 1.08. The second-order valence-corrected chi connectivity index (χ2v) is 6.46. The van der Waals surface area contributed by atoms with Crippen LogP contribution < -0.4 is 11.1 Å². The molecule has 0 saturated heterocycles. The van der Waals surface area contributed by atoms with Crippen molar-refractivity contribution in [1.82, 2.24) is 19.9 Å². The molecule has 0 spiro atoms. The van der Waals surface area contributed by atoms with Crippen LogP contribution in [-0.2, 0) is 16.1 Å². The molecule has 0 unspecified atom stereocenters. The Morgan fingerprint density at radius 1 is 1.39 bits per heavy atom. The number of aryl methyl sites for hydroxylation is 1. The molecule has 1 fully saturated rings. The van der Waals surface area contributed by atoms with Gasteiger partial charge in [0.05, 0.1) is 12.7 Å². The van der Waals surface area contributed by atoms with E-state index in [1.165, 1.54) is 17.7 Å². The van der Waals surface area contributed by atoms with Gasteiger partial charge in [0, 0.05) is 18.8 Å². The van der Waals surface area contributed by atoms with Gasteiger partial charge in [-0.2, -0.15) is 5.10 Å². The van der Waals surface area contributed by atoms with E-state index in [0.29, 0.717) is 5.69 Å². The summed E-state index contributed by atoms with van der Waals surface area (Å²) in [7, 11) is 1.41. The lowest BCUT2D eigenvalue weighted by Gasteiger charge is -2.35. The normalized spacial score (nSPS) is 19.5. The van der Waals surface area contributed by atoms with Crippen LogP contribution in [-0.4, -0.2) is 52.0 Å². The molecule has 2 aromatic heterocycles. The van der Waals surface area contributed by atoms with Gasteiger partial charge in [-0.15, -0.1) is 13.2 Å². The third-order valence-corrected chi connectivity index (χ3v) is 4.28. The second kappa shape index (κ2) is 7.36. The Hall–Kier alpha value is -2.73. The van der Waals surface area contributed by atoms with Crippen molar-refractivity contribution >= 4 is 17.5 Å². The number of alkyl halides is 3. The van der Waals surface area contributed by atoms with E-state index in [1.807, 2.05) is 0 Å². The Kier molecular flexibility index (Phi) is 5.26. The molecule has 9 nitrogen and oxygen atoms in total. The van der Waals surface area contributed by atoms with Gasteiger partial charge in [-0.25, -0.2) is 9.50 Å². The molecule has 3 rings (SSSR count). The third kappa shape index (κ3) is 4.07. The Morgan fingerprint density at radius 3 is 2.64 bits per heavy atom. The van der Waals surface area contributed by atoms with Crippen molar-refractivity contribution in [3.8, 4) is 0 Å². The molecule has 0 aliphatic heterocycles. The molecule has 1 aliphatic rings. The van der Waals surface area contributed by atoms with E-state index < -0.39 is 30.3 Å². The van der Waals surface area contributed by atoms with Crippen LogP contribution in [0.5, 0.6) is 0 Å². The molecule has 152 valence electrons. The van der Waals surface area contributed by atoms with Gasteiger partial charge in [-0.05, 0) is 25.8 Å². The first kappa shape index (κ1) is 20.0. The number of methoxy groups -OCH3 is 1. The van der Waals surface area contributed by atoms with Crippen molar-refractivity contribution in [3.05, 3.63) is 28.7 Å². The lowest BCUT2D eigenvalue weighted by atomic mass is 9.89. The molecule has 1 aliphatic carbocycles. The number of ether oxygens (including phenoxy) is 2. The molecule has 0 atom stereocenters. The highest BCUT2D eigenvalue weighted by Gasteiger charge is 2.40. The molecule has 0 bridgehead atoms. The monoisotopic (exact) mass is 401 g/mol. The maximum atomic E-state index is 12.6. The Bertz CT molecular complexity index is 921. The number of hydrogen-bond acceptors (Lipinski definition) is 6. The molecule has 28 heavy (non-hydrogen) atoms. The molecule has 3 N–H and O–H groups in total. The number of amides is 2. The van der Waals surface area contributed by atoms with Crippen molar-refractivity contribution in [1.29, 1.82) is 0 Å². The average Bonchev–Trinajstić information content (AvgIpc) is 2.89. The van der Waals surface area contributed by atoms with E-state index in [4.69, 9.17) is 10.5 Å². The van der Waals surface area contributed by atoms with E-state index in [-0.39, 0.29) is 42.0 Å². The van der Waals surface area contributed by atoms with Crippen molar-refractivity contribution in [2.45, 2.75) is 44.9 Å². The molecular formula is C16H18F3N5O4. The summed E-state index contributed by atoms with van der Waals surface area (Å²) in [5.74, 6) is -1.33. The van der Waals surface area contributed by atoms with Gasteiger partial charge in [0.1, 0.15) is 17.0 Å². The summed E-state index contributed by atoms with van der Waals surface area (Å²) < 4.78 is 46.7. The molecule has 0 radical (unpaired) electrons. The topological polar surface area (TPSA) is 121 Å². The standard InChI is InChI=1S/C16H18F3N5O4/c1-7-3-11(15(26)22-8-4-9(5-8)28-16(17,18)19)24-14(21-7)12(13(20)25)10(23-24)6-27-2/h3,8-9H,4-6H2,1-2H3,(H2,20,25)(H,22,26). The predicted molar refractivity (Wildman–Crippen MR) is 88.4 cm³/mol. The molecule has 0 aromatic carbocycles. The van der Waals surface area contributed by atoms with Crippen molar-refractivity contribution in [3.63, 3.8) is 0 Å². The number of aromatic nitrogens is 3. The molecule has 2 amide bonds. The number of halogens is 3. The van der Waals surface area contributed by atoms with E-state index >= 15 is 0 Å². The number of carbonyl (C=O) groups excluding carboxylic acids is 2. The first-order valence-electron chi connectivity index (χ1n) is 8.32. The van der Waals surface area contributed by atoms with Gasteiger partial charge in [0.15, 0.2) is 5.65 Å². The van der Waals surface area contributed by atoms with Gasteiger partial charge >= 0.3 is 6.36 Å². The Labute approximate surface area is 157 Å². The van der Waals surface area contributed by atoms with Crippen molar-refractivity contribution in [2.24, 2.45) is 5.73 Å². The summed E-state index contributed by atoms with van der Waals surface area (Å²) in [6.45, 7) is 1.61. The quantitative estimate of drug-likeness (QED) is 0.747. The Morgan fingerprint density at radius 2 is 2.07 bits per heavy atom. The van der Waals surface area contributed by atoms with Crippen LogP contribution in [0.25, 0.3) is 5.65 Å². The summed E-state index contributed by atoms with van der Waals surface area (Å²) in [5.41, 5.74) is 6.31. The maximum absolute atomic E-state index is 12.6. The maximum Gasteiger partial charge on any atom is 0.522 e. The largest absolute Gasteiger partial charge is 0.522 e. The molecule has 2 heterocycles. The highest BCUT2D eigenvalue weighted by Crippen LogP contribution is 2.30. The summed E-state index contributed by atoms with van der Waals surface area (Å²) in [6, 6.07) is 0.993. The van der Waals surface area contributed by atoms with Gasteiger partial charge in [-0.1, -0.05) is 0 Å². The highest BCUT2D eigenvalue weighted by molar-refractivity contribution is 6.01. The third-order valence-electron chi connectivity index (χ3n) is 4.28. The number of hydrogen-bond donors (Lipinski definition) is 2. The number of rotatable bonds is 6. The minimum absolute atomic E-state index is 0.0131. The van der Waals surface area contributed by atoms with Crippen LogP contribution in [0.15, 0.2) is 6.07 Å². The highest BCUT2D eigenvalue weighted by atomic mass is 19.4. The lowest BCUT2D eigenvalue weighted by molar-refractivity contribution is -0.351. The number of nitrogens with zero attached hydrogens (tertiary/aromatic N) is 3. The van der Waals surface area contributed by atoms with E-state index in [1.54, 1.807) is 6.92 Å². The minimum atomic E-state index is -4.70. The SMILES string of the molecule is COCc1nn2c(C(=O)NC3CC(OC(F)(F)F)C3)cc(C)nc2c1C(N)=O. The number of primary amides is 1. The zero-order valence-electron chi connectivity index (χ0n) is 15.0. The first-order chi connectivity index (χ1) is 13.1. The van der Waals surface area contributed by atoms with Gasteiger partial charge in [-0.3, -0.25) is 14.3 Å². The Balaban J connectivity index is 1.84. The van der Waals surface area contributed by atoms with Crippen LogP contribution in [0.4, 0.5) is 13.2 Å². The molecule has 12 heteroatoms. The second-order valence-electron chi connectivity index (χ2n) is 6.46. The molecule has 2 aromatic rings.